The van der Waals surface area contributed by atoms with Crippen LogP contribution in [0.1, 0.15) is 28.9 Å². The minimum atomic E-state index is -0.872. The number of carbonyl (C=O) groups is 1. The zero-order chi connectivity index (χ0) is 14.0. The number of hydrogen-bond donors (Lipinski definition) is 1. The van der Waals surface area contributed by atoms with E-state index in [1.54, 1.807) is 12.3 Å². The summed E-state index contributed by atoms with van der Waals surface area (Å²) in [7, 11) is 1.17. The van der Waals surface area contributed by atoms with Gasteiger partial charge in [0.25, 0.3) is 0 Å². The second-order valence-corrected chi connectivity index (χ2v) is 4.01. The fourth-order valence-corrected chi connectivity index (χ4v) is 1.79. The second kappa shape index (κ2) is 5.19. The summed E-state index contributed by atoms with van der Waals surface area (Å²) in [6.45, 7) is 1.53. The fraction of sp³-hybridized carbons (Fsp3) is 0.231. The highest BCUT2D eigenvalue weighted by atomic mass is 19.1. The zero-order valence-corrected chi connectivity index (χ0v) is 10.5. The fourth-order valence-electron chi connectivity index (χ4n) is 1.79. The lowest BCUT2D eigenvalue weighted by Gasteiger charge is -2.14. The first kappa shape index (κ1) is 13.2. The third-order valence-corrected chi connectivity index (χ3v) is 2.72. The van der Waals surface area contributed by atoms with Gasteiger partial charge in [0.2, 0.25) is 0 Å². The van der Waals surface area contributed by atoms with Crippen LogP contribution < -0.4 is 0 Å². The molecule has 0 aliphatic carbocycles. The van der Waals surface area contributed by atoms with E-state index in [4.69, 9.17) is 0 Å². The number of ether oxygens (including phenoxy) is 1. The number of methoxy groups -OCH3 is 1. The molecular weight excluding hydrogens is 251 g/mol. The van der Waals surface area contributed by atoms with E-state index >= 15 is 0 Å². The average molecular weight is 264 g/mol. The molecular formula is C13H13FN2O3. The highest BCUT2D eigenvalue weighted by Crippen LogP contribution is 2.25. The average Bonchev–Trinajstić information content (AvgIpc) is 2.90. The first-order chi connectivity index (χ1) is 9.04. The predicted molar refractivity (Wildman–Crippen MR) is 65.5 cm³/mol. The van der Waals surface area contributed by atoms with E-state index in [0.717, 1.165) is 6.07 Å². The molecule has 1 aromatic carbocycles. The van der Waals surface area contributed by atoms with Crippen LogP contribution in [0.4, 0.5) is 4.39 Å². The monoisotopic (exact) mass is 264 g/mol. The lowest BCUT2D eigenvalue weighted by Crippen LogP contribution is -2.10. The Morgan fingerprint density at radius 3 is 2.79 bits per heavy atom. The quantitative estimate of drug-likeness (QED) is 0.859. The van der Waals surface area contributed by atoms with Crippen molar-refractivity contribution >= 4 is 5.97 Å². The topological polar surface area (TPSA) is 64.3 Å². The summed E-state index contributed by atoms with van der Waals surface area (Å²) >= 11 is 0. The summed E-state index contributed by atoms with van der Waals surface area (Å²) in [6, 6.07) is 4.11. The number of aliphatic hydroxyl groups is 1. The molecule has 1 aromatic heterocycles. The summed E-state index contributed by atoms with van der Waals surface area (Å²) in [5, 5.41) is 13.7. The van der Waals surface area contributed by atoms with Crippen LogP contribution in [-0.2, 0) is 4.74 Å². The van der Waals surface area contributed by atoms with Gasteiger partial charge in [0, 0.05) is 24.0 Å². The minimum absolute atomic E-state index is 0.214. The number of aliphatic hydroxyl groups excluding tert-OH is 1. The highest BCUT2D eigenvalue weighted by molar-refractivity contribution is 5.90. The van der Waals surface area contributed by atoms with Crippen LogP contribution in [-0.4, -0.2) is 28.0 Å². The third-order valence-electron chi connectivity index (χ3n) is 2.72. The van der Waals surface area contributed by atoms with E-state index < -0.39 is 17.9 Å². The van der Waals surface area contributed by atoms with Crippen LogP contribution in [0.2, 0.25) is 0 Å². The van der Waals surface area contributed by atoms with Crippen LogP contribution >= 0.6 is 0 Å². The van der Waals surface area contributed by atoms with Gasteiger partial charge in [-0.15, -0.1) is 0 Å². The molecule has 0 fully saturated rings. The standard InChI is InChI=1S/C13H13FN2O3/c1-8(17)9-6-10(13(18)19-2)11(14)7-12(9)16-5-3-4-15-16/h3-8,17H,1-2H3. The number of halogens is 1. The summed E-state index contributed by atoms with van der Waals surface area (Å²) in [6.07, 6.45) is 2.29. The molecule has 0 bridgehead atoms. The van der Waals surface area contributed by atoms with Crippen LogP contribution in [0, 0.1) is 5.82 Å². The van der Waals surface area contributed by atoms with E-state index in [1.165, 1.54) is 31.0 Å². The van der Waals surface area contributed by atoms with E-state index in [-0.39, 0.29) is 5.56 Å². The van der Waals surface area contributed by atoms with E-state index in [2.05, 4.69) is 9.84 Å². The molecule has 6 heteroatoms. The van der Waals surface area contributed by atoms with Gasteiger partial charge in [0.05, 0.1) is 24.5 Å². The Bertz CT molecular complexity index is 594. The summed E-state index contributed by atoms with van der Waals surface area (Å²) in [5.41, 5.74) is 0.560. The third kappa shape index (κ3) is 2.48. The Morgan fingerprint density at radius 2 is 2.26 bits per heavy atom. The smallest absolute Gasteiger partial charge is 0.340 e. The predicted octanol–water partition coefficient (Wildman–Crippen LogP) is 1.85. The Morgan fingerprint density at radius 1 is 1.53 bits per heavy atom. The Hall–Kier alpha value is -2.21. The van der Waals surface area contributed by atoms with Crippen LogP contribution in [0.5, 0.6) is 0 Å². The number of benzene rings is 1. The number of nitrogens with zero attached hydrogens (tertiary/aromatic N) is 2. The van der Waals surface area contributed by atoms with Gasteiger partial charge in [-0.2, -0.15) is 5.10 Å². The molecule has 0 saturated carbocycles. The van der Waals surface area contributed by atoms with Crippen molar-refractivity contribution in [2.45, 2.75) is 13.0 Å². The van der Waals surface area contributed by atoms with E-state index in [1.807, 2.05) is 0 Å². The van der Waals surface area contributed by atoms with Gasteiger partial charge in [-0.3, -0.25) is 0 Å². The Labute approximate surface area is 109 Å². The molecule has 0 radical (unpaired) electrons. The van der Waals surface area contributed by atoms with Gasteiger partial charge in [-0.1, -0.05) is 0 Å². The lowest BCUT2D eigenvalue weighted by molar-refractivity contribution is 0.0595. The molecule has 0 aliphatic rings. The summed E-state index contributed by atoms with van der Waals surface area (Å²) in [5.74, 6) is -1.51. The molecule has 0 saturated heterocycles. The highest BCUT2D eigenvalue weighted by Gasteiger charge is 2.19. The maximum Gasteiger partial charge on any atom is 0.340 e. The molecule has 1 atom stereocenters. The van der Waals surface area contributed by atoms with Gasteiger partial charge in [0.1, 0.15) is 5.82 Å². The number of carbonyl (C=O) groups excluding carboxylic acids is 1. The van der Waals surface area contributed by atoms with Crippen molar-refractivity contribution in [1.29, 1.82) is 0 Å². The van der Waals surface area contributed by atoms with Crippen molar-refractivity contribution in [3.05, 3.63) is 47.5 Å². The van der Waals surface area contributed by atoms with E-state index in [9.17, 15) is 14.3 Å². The molecule has 0 aliphatic heterocycles. The number of rotatable bonds is 3. The number of hydrogen-bond acceptors (Lipinski definition) is 4. The summed E-state index contributed by atoms with van der Waals surface area (Å²) < 4.78 is 19.8. The van der Waals surface area contributed by atoms with Gasteiger partial charge < -0.3 is 9.84 Å². The van der Waals surface area contributed by atoms with Crippen molar-refractivity contribution in [3.8, 4) is 5.69 Å². The number of aromatic nitrogens is 2. The van der Waals surface area contributed by atoms with Gasteiger partial charge in [-0.05, 0) is 19.1 Å². The van der Waals surface area contributed by atoms with Gasteiger partial charge >= 0.3 is 5.97 Å². The summed E-state index contributed by atoms with van der Waals surface area (Å²) in [4.78, 5) is 11.4. The van der Waals surface area contributed by atoms with Crippen LogP contribution in [0.25, 0.3) is 5.69 Å². The largest absolute Gasteiger partial charge is 0.465 e. The molecule has 100 valence electrons. The molecule has 0 amide bonds. The second-order valence-electron chi connectivity index (χ2n) is 4.01. The SMILES string of the molecule is COC(=O)c1cc(C(C)O)c(-n2cccn2)cc1F. The Balaban J connectivity index is 2.62. The molecule has 1 unspecified atom stereocenters. The molecule has 1 heterocycles. The first-order valence-corrected chi connectivity index (χ1v) is 5.64. The van der Waals surface area contributed by atoms with Gasteiger partial charge in [0.15, 0.2) is 0 Å². The zero-order valence-electron chi connectivity index (χ0n) is 10.5. The normalized spacial score (nSPS) is 12.2. The maximum absolute atomic E-state index is 13.9. The molecule has 19 heavy (non-hydrogen) atoms. The van der Waals surface area contributed by atoms with Crippen molar-refractivity contribution in [1.82, 2.24) is 9.78 Å². The van der Waals surface area contributed by atoms with E-state index in [0.29, 0.717) is 11.3 Å². The van der Waals surface area contributed by atoms with Gasteiger partial charge in [-0.25, -0.2) is 13.9 Å². The number of esters is 1. The van der Waals surface area contributed by atoms with Crippen LogP contribution in [0.15, 0.2) is 30.6 Å². The maximum atomic E-state index is 13.9. The Kier molecular flexibility index (Phi) is 3.62. The van der Waals surface area contributed by atoms with Crippen molar-refractivity contribution in [2.75, 3.05) is 7.11 Å². The molecule has 0 spiro atoms. The molecule has 5 nitrogen and oxygen atoms in total. The molecule has 2 rings (SSSR count). The van der Waals surface area contributed by atoms with Crippen molar-refractivity contribution in [3.63, 3.8) is 0 Å². The minimum Gasteiger partial charge on any atom is -0.465 e. The van der Waals surface area contributed by atoms with Crippen molar-refractivity contribution < 1.29 is 19.0 Å². The first-order valence-electron chi connectivity index (χ1n) is 5.64. The molecule has 1 N–H and O–H groups in total. The van der Waals surface area contributed by atoms with Crippen molar-refractivity contribution in [2.24, 2.45) is 0 Å². The molecule has 2 aromatic rings. The van der Waals surface area contributed by atoms with Crippen LogP contribution in [0.3, 0.4) is 0 Å². The lowest BCUT2D eigenvalue weighted by atomic mass is 10.0.